The average molecular weight is 175 g/mol. The van der Waals surface area contributed by atoms with Gasteiger partial charge in [0.1, 0.15) is 0 Å². The Morgan fingerprint density at radius 2 is 2.15 bits per heavy atom. The van der Waals surface area contributed by atoms with Crippen LogP contribution in [0.15, 0.2) is 23.2 Å². The number of aliphatic imine (C=N–C) groups is 1. The third-order valence-corrected chi connectivity index (χ3v) is 1.71. The highest BCUT2D eigenvalue weighted by molar-refractivity contribution is 5.75. The molecule has 0 aliphatic heterocycles. The molecule has 13 heavy (non-hydrogen) atoms. The minimum Gasteiger partial charge on any atom is -0.338 e. The van der Waals surface area contributed by atoms with Crippen molar-refractivity contribution in [2.24, 2.45) is 4.99 Å². The number of nitrogens with zero attached hydrogens (tertiary/aromatic N) is 1. The van der Waals surface area contributed by atoms with E-state index in [1.54, 1.807) is 0 Å². The number of nitrogens with one attached hydrogen (secondary N) is 2. The topological polar surface area (TPSA) is 48.2 Å². The van der Waals surface area contributed by atoms with E-state index < -0.39 is 0 Å². The van der Waals surface area contributed by atoms with Crippen molar-refractivity contribution in [2.75, 3.05) is 0 Å². The van der Waals surface area contributed by atoms with Crippen LogP contribution in [0.1, 0.15) is 11.1 Å². The maximum Gasteiger partial charge on any atom is 0.0937 e. The number of aryl methyl sites for hydroxylation is 2. The highest BCUT2D eigenvalue weighted by Crippen LogP contribution is 2.18. The Bertz CT molecular complexity index is 329. The predicted octanol–water partition coefficient (Wildman–Crippen LogP) is 2.16. The molecule has 0 aliphatic carbocycles. The molecule has 0 saturated heterocycles. The Morgan fingerprint density at radius 1 is 1.38 bits per heavy atom. The van der Waals surface area contributed by atoms with E-state index in [1.165, 1.54) is 11.9 Å². The van der Waals surface area contributed by atoms with Crippen LogP contribution >= 0.6 is 0 Å². The molecular formula is C10H13N3. The van der Waals surface area contributed by atoms with Crippen LogP contribution in [0.25, 0.3) is 0 Å². The Labute approximate surface area is 78.0 Å². The first-order valence-corrected chi connectivity index (χ1v) is 4.09. The fraction of sp³-hybridized carbons (Fsp3) is 0.200. The molecule has 0 saturated carbocycles. The van der Waals surface area contributed by atoms with Gasteiger partial charge in [-0.3, -0.25) is 5.41 Å². The average Bonchev–Trinajstić information content (AvgIpc) is 2.09. The third-order valence-electron chi connectivity index (χ3n) is 1.71. The fourth-order valence-electron chi connectivity index (χ4n) is 1.09. The van der Waals surface area contributed by atoms with Gasteiger partial charge in [-0.1, -0.05) is 17.7 Å². The Kier molecular flexibility index (Phi) is 3.20. The van der Waals surface area contributed by atoms with Gasteiger partial charge in [0.25, 0.3) is 0 Å². The summed E-state index contributed by atoms with van der Waals surface area (Å²) >= 11 is 0. The first-order valence-electron chi connectivity index (χ1n) is 4.09. The van der Waals surface area contributed by atoms with E-state index in [1.807, 2.05) is 19.1 Å². The van der Waals surface area contributed by atoms with Crippen molar-refractivity contribution in [3.63, 3.8) is 0 Å². The van der Waals surface area contributed by atoms with E-state index in [2.05, 4.69) is 23.3 Å². The summed E-state index contributed by atoms with van der Waals surface area (Å²) in [6, 6.07) is 6.06. The van der Waals surface area contributed by atoms with E-state index in [9.17, 15) is 0 Å². The molecule has 0 radical (unpaired) electrons. The van der Waals surface area contributed by atoms with Crippen LogP contribution in [0, 0.1) is 19.3 Å². The normalized spacial score (nSPS) is 10.3. The molecule has 3 nitrogen and oxygen atoms in total. The van der Waals surface area contributed by atoms with E-state index in [-0.39, 0.29) is 0 Å². The predicted molar refractivity (Wildman–Crippen MR) is 56.0 cm³/mol. The van der Waals surface area contributed by atoms with Crippen molar-refractivity contribution in [2.45, 2.75) is 13.8 Å². The van der Waals surface area contributed by atoms with Gasteiger partial charge in [-0.15, -0.1) is 0 Å². The van der Waals surface area contributed by atoms with Gasteiger partial charge in [-0.2, -0.15) is 0 Å². The SMILES string of the molecule is Cc1ccc(/N=C/NC=N)c(C)c1. The van der Waals surface area contributed by atoms with E-state index >= 15 is 0 Å². The van der Waals surface area contributed by atoms with Crippen LogP contribution in [0.3, 0.4) is 0 Å². The van der Waals surface area contributed by atoms with Gasteiger partial charge in [0.15, 0.2) is 0 Å². The summed E-state index contributed by atoms with van der Waals surface area (Å²) in [5.74, 6) is 0. The molecule has 1 aromatic carbocycles. The second-order valence-corrected chi connectivity index (χ2v) is 2.86. The minimum atomic E-state index is 0.931. The van der Waals surface area contributed by atoms with Crippen LogP contribution in [-0.4, -0.2) is 12.7 Å². The quantitative estimate of drug-likeness (QED) is 0.536. The summed E-state index contributed by atoms with van der Waals surface area (Å²) in [4.78, 5) is 4.15. The van der Waals surface area contributed by atoms with Crippen molar-refractivity contribution in [1.82, 2.24) is 5.32 Å². The molecule has 1 rings (SSSR count). The van der Waals surface area contributed by atoms with Crippen LogP contribution in [-0.2, 0) is 0 Å². The lowest BCUT2D eigenvalue weighted by Gasteiger charge is -2.00. The second-order valence-electron chi connectivity index (χ2n) is 2.86. The zero-order valence-electron chi connectivity index (χ0n) is 7.83. The fourth-order valence-corrected chi connectivity index (χ4v) is 1.09. The summed E-state index contributed by atoms with van der Waals surface area (Å²) < 4.78 is 0. The summed E-state index contributed by atoms with van der Waals surface area (Å²) in [6.07, 6.45) is 2.59. The van der Waals surface area contributed by atoms with Gasteiger partial charge in [0.05, 0.1) is 18.4 Å². The summed E-state index contributed by atoms with van der Waals surface area (Å²) in [6.45, 7) is 4.07. The summed E-state index contributed by atoms with van der Waals surface area (Å²) in [5.41, 5.74) is 3.31. The molecule has 0 spiro atoms. The van der Waals surface area contributed by atoms with E-state index in [0.29, 0.717) is 0 Å². The monoisotopic (exact) mass is 175 g/mol. The minimum absolute atomic E-state index is 0.931. The maximum atomic E-state index is 6.73. The standard InChI is InChI=1S/C10H13N3/c1-8-3-4-10(9(2)5-8)13-7-12-6-11/h3-7H,1-2H3,(H2,11,12,13). The highest BCUT2D eigenvalue weighted by atomic mass is 14.9. The van der Waals surface area contributed by atoms with E-state index in [4.69, 9.17) is 5.41 Å². The lowest BCUT2D eigenvalue weighted by molar-refractivity contribution is 1.32. The molecule has 3 heteroatoms. The van der Waals surface area contributed by atoms with Crippen molar-refractivity contribution in [1.29, 1.82) is 5.41 Å². The molecule has 0 fully saturated rings. The smallest absolute Gasteiger partial charge is 0.0937 e. The van der Waals surface area contributed by atoms with Crippen molar-refractivity contribution in [3.8, 4) is 0 Å². The van der Waals surface area contributed by atoms with Crippen LogP contribution in [0.5, 0.6) is 0 Å². The zero-order chi connectivity index (χ0) is 9.68. The van der Waals surface area contributed by atoms with Gasteiger partial charge < -0.3 is 5.32 Å². The van der Waals surface area contributed by atoms with Crippen LogP contribution in [0.4, 0.5) is 5.69 Å². The van der Waals surface area contributed by atoms with Crippen molar-refractivity contribution < 1.29 is 0 Å². The van der Waals surface area contributed by atoms with Gasteiger partial charge in [0, 0.05) is 0 Å². The third kappa shape index (κ3) is 2.71. The molecule has 1 aromatic rings. The molecule has 0 aromatic heterocycles. The Hall–Kier alpha value is -1.64. The second kappa shape index (κ2) is 4.40. The Morgan fingerprint density at radius 3 is 2.77 bits per heavy atom. The molecule has 2 N–H and O–H groups in total. The van der Waals surface area contributed by atoms with Gasteiger partial charge in [-0.05, 0) is 25.5 Å². The van der Waals surface area contributed by atoms with Gasteiger partial charge >= 0.3 is 0 Å². The molecule has 0 unspecified atom stereocenters. The first kappa shape index (κ1) is 9.45. The number of benzene rings is 1. The van der Waals surface area contributed by atoms with Gasteiger partial charge in [-0.25, -0.2) is 4.99 Å². The van der Waals surface area contributed by atoms with Crippen LogP contribution in [0.2, 0.25) is 0 Å². The largest absolute Gasteiger partial charge is 0.338 e. The number of hydrogen-bond acceptors (Lipinski definition) is 2. The molecule has 0 bridgehead atoms. The molecular weight excluding hydrogens is 162 g/mol. The summed E-state index contributed by atoms with van der Waals surface area (Å²) in [5, 5.41) is 9.32. The molecule has 0 heterocycles. The lowest BCUT2D eigenvalue weighted by Crippen LogP contribution is -2.05. The van der Waals surface area contributed by atoms with E-state index in [0.717, 1.165) is 17.6 Å². The maximum absolute atomic E-state index is 6.73. The molecule has 0 aliphatic rings. The number of rotatable bonds is 3. The lowest BCUT2D eigenvalue weighted by atomic mass is 10.1. The zero-order valence-corrected chi connectivity index (χ0v) is 7.83. The van der Waals surface area contributed by atoms with Crippen molar-refractivity contribution in [3.05, 3.63) is 29.3 Å². The molecule has 68 valence electrons. The molecule has 0 atom stereocenters. The molecule has 0 amide bonds. The summed E-state index contributed by atoms with van der Waals surface area (Å²) in [7, 11) is 0. The number of hydrogen-bond donors (Lipinski definition) is 2. The first-order chi connectivity index (χ1) is 6.24. The van der Waals surface area contributed by atoms with Gasteiger partial charge in [0.2, 0.25) is 0 Å². The Balaban J connectivity index is 2.83. The van der Waals surface area contributed by atoms with Crippen molar-refractivity contribution >= 4 is 18.4 Å². The highest BCUT2D eigenvalue weighted by Gasteiger charge is 1.93. The van der Waals surface area contributed by atoms with Crippen LogP contribution < -0.4 is 5.32 Å².